The summed E-state index contributed by atoms with van der Waals surface area (Å²) in [4.78, 5) is 19.5. The molecule has 1 aliphatic carbocycles. The molecule has 0 fully saturated rings. The van der Waals surface area contributed by atoms with Gasteiger partial charge in [0.15, 0.2) is 0 Å². The second-order valence-corrected chi connectivity index (χ2v) is 5.20. The summed E-state index contributed by atoms with van der Waals surface area (Å²) in [7, 11) is 0. The Hall–Kier alpha value is -2.43. The van der Waals surface area contributed by atoms with Gasteiger partial charge in [0.05, 0.1) is 11.3 Å². The summed E-state index contributed by atoms with van der Waals surface area (Å²) in [6.07, 6.45) is 5.69. The Morgan fingerprint density at radius 1 is 1.24 bits per heavy atom. The summed E-state index contributed by atoms with van der Waals surface area (Å²) in [5.41, 5.74) is 3.17. The molecule has 5 heteroatoms. The lowest BCUT2D eigenvalue weighted by atomic mass is 9.97. The minimum Gasteiger partial charge on any atom is -0.478 e. The summed E-state index contributed by atoms with van der Waals surface area (Å²) >= 11 is 0. The van der Waals surface area contributed by atoms with Crippen molar-refractivity contribution >= 4 is 5.97 Å². The first kappa shape index (κ1) is 13.5. The van der Waals surface area contributed by atoms with Gasteiger partial charge in [0.25, 0.3) is 0 Å². The minimum absolute atomic E-state index is 0.254. The van der Waals surface area contributed by atoms with Crippen molar-refractivity contribution in [2.75, 3.05) is 0 Å². The molecule has 0 spiro atoms. The van der Waals surface area contributed by atoms with Gasteiger partial charge in [-0.05, 0) is 56.4 Å². The molecule has 1 N–H and O–H groups in total. The maximum Gasteiger partial charge on any atom is 0.335 e. The third-order valence-electron chi connectivity index (χ3n) is 3.71. The van der Waals surface area contributed by atoms with Crippen LogP contribution in [0.5, 0.6) is 11.6 Å². The number of carbonyl (C=O) groups is 1. The van der Waals surface area contributed by atoms with Crippen molar-refractivity contribution in [3.8, 4) is 11.6 Å². The molecule has 0 radical (unpaired) electrons. The lowest BCUT2D eigenvalue weighted by Gasteiger charge is -2.17. The normalized spacial score (nSPS) is 13.6. The van der Waals surface area contributed by atoms with Crippen LogP contribution in [-0.2, 0) is 12.8 Å². The van der Waals surface area contributed by atoms with E-state index in [0.29, 0.717) is 11.6 Å². The lowest BCUT2D eigenvalue weighted by molar-refractivity contribution is 0.0697. The van der Waals surface area contributed by atoms with Gasteiger partial charge < -0.3 is 9.84 Å². The Kier molecular flexibility index (Phi) is 3.56. The Balaban J connectivity index is 1.92. The molecule has 1 heterocycles. The Morgan fingerprint density at radius 3 is 2.81 bits per heavy atom. The van der Waals surface area contributed by atoms with Crippen LogP contribution in [0.4, 0.5) is 0 Å². The van der Waals surface area contributed by atoms with Crippen molar-refractivity contribution in [1.29, 1.82) is 0 Å². The smallest absolute Gasteiger partial charge is 0.335 e. The first-order valence-electron chi connectivity index (χ1n) is 6.99. The van der Waals surface area contributed by atoms with Crippen molar-refractivity contribution in [2.45, 2.75) is 32.6 Å². The number of nitrogens with zero attached hydrogens (tertiary/aromatic N) is 2. The molecule has 1 aliphatic rings. The lowest BCUT2D eigenvalue weighted by Crippen LogP contribution is -2.08. The SMILES string of the molecule is Cc1cc(C(=O)O)ccc1Oc1ncnc2c1CCCC2. The molecule has 0 bridgehead atoms. The van der Waals surface area contributed by atoms with Gasteiger partial charge in [-0.2, -0.15) is 0 Å². The maximum atomic E-state index is 11.0. The number of aromatic nitrogens is 2. The van der Waals surface area contributed by atoms with Gasteiger partial charge in [0, 0.05) is 5.56 Å². The first-order valence-corrected chi connectivity index (χ1v) is 6.99. The molecule has 0 aliphatic heterocycles. The van der Waals surface area contributed by atoms with Crippen LogP contribution < -0.4 is 4.74 Å². The highest BCUT2D eigenvalue weighted by molar-refractivity contribution is 5.88. The summed E-state index contributed by atoms with van der Waals surface area (Å²) in [6.45, 7) is 1.83. The molecular weight excluding hydrogens is 268 g/mol. The standard InChI is InChI=1S/C16H16N2O3/c1-10-8-11(16(19)20)6-7-14(10)21-15-12-4-2-3-5-13(12)17-9-18-15/h6-9H,2-5H2,1H3,(H,19,20). The van der Waals surface area contributed by atoms with Crippen LogP contribution in [0.1, 0.15) is 40.0 Å². The zero-order valence-electron chi connectivity index (χ0n) is 11.8. The number of fused-ring (bicyclic) bond motifs is 1. The highest BCUT2D eigenvalue weighted by atomic mass is 16.5. The van der Waals surface area contributed by atoms with Crippen molar-refractivity contribution in [1.82, 2.24) is 9.97 Å². The van der Waals surface area contributed by atoms with Crippen LogP contribution in [0.2, 0.25) is 0 Å². The largest absolute Gasteiger partial charge is 0.478 e. The third kappa shape index (κ3) is 2.72. The number of rotatable bonds is 3. The van der Waals surface area contributed by atoms with E-state index in [1.807, 2.05) is 6.92 Å². The number of benzene rings is 1. The van der Waals surface area contributed by atoms with E-state index in [1.165, 1.54) is 12.4 Å². The predicted molar refractivity (Wildman–Crippen MR) is 76.9 cm³/mol. The van der Waals surface area contributed by atoms with Crippen molar-refractivity contribution in [3.63, 3.8) is 0 Å². The van der Waals surface area contributed by atoms with E-state index in [-0.39, 0.29) is 5.56 Å². The molecule has 3 rings (SSSR count). The maximum absolute atomic E-state index is 11.0. The highest BCUT2D eigenvalue weighted by Crippen LogP contribution is 2.31. The summed E-state index contributed by atoms with van der Waals surface area (Å²) in [5.74, 6) is 0.279. The number of hydrogen-bond acceptors (Lipinski definition) is 4. The van der Waals surface area contributed by atoms with Gasteiger partial charge in [-0.3, -0.25) is 0 Å². The fourth-order valence-corrected chi connectivity index (χ4v) is 2.58. The number of aromatic carboxylic acids is 1. The van der Waals surface area contributed by atoms with Crippen LogP contribution in [0, 0.1) is 6.92 Å². The van der Waals surface area contributed by atoms with E-state index in [1.54, 1.807) is 12.1 Å². The molecule has 2 aromatic rings. The van der Waals surface area contributed by atoms with E-state index in [4.69, 9.17) is 9.84 Å². The van der Waals surface area contributed by atoms with E-state index < -0.39 is 5.97 Å². The summed E-state index contributed by atoms with van der Waals surface area (Å²) in [5, 5.41) is 8.99. The van der Waals surface area contributed by atoms with Gasteiger partial charge in [0.1, 0.15) is 12.1 Å². The molecule has 1 aromatic carbocycles. The van der Waals surface area contributed by atoms with Gasteiger partial charge in [-0.1, -0.05) is 0 Å². The van der Waals surface area contributed by atoms with Crippen molar-refractivity contribution in [2.24, 2.45) is 0 Å². The number of carboxylic acid groups (broad SMARTS) is 1. The quantitative estimate of drug-likeness (QED) is 0.937. The van der Waals surface area contributed by atoms with Crippen LogP contribution >= 0.6 is 0 Å². The summed E-state index contributed by atoms with van der Waals surface area (Å²) in [6, 6.07) is 4.82. The molecule has 0 unspecified atom stereocenters. The molecule has 1 aromatic heterocycles. The predicted octanol–water partition coefficient (Wildman–Crippen LogP) is 3.15. The topological polar surface area (TPSA) is 72.3 Å². The monoisotopic (exact) mass is 284 g/mol. The van der Waals surface area contributed by atoms with E-state index in [2.05, 4.69) is 9.97 Å². The molecule has 21 heavy (non-hydrogen) atoms. The second kappa shape index (κ2) is 5.52. The van der Waals surface area contributed by atoms with Crippen LogP contribution in [0.15, 0.2) is 24.5 Å². The zero-order chi connectivity index (χ0) is 14.8. The fraction of sp³-hybridized carbons (Fsp3) is 0.312. The van der Waals surface area contributed by atoms with E-state index in [0.717, 1.165) is 42.5 Å². The Morgan fingerprint density at radius 2 is 2.05 bits per heavy atom. The van der Waals surface area contributed by atoms with Gasteiger partial charge >= 0.3 is 5.97 Å². The number of carboxylic acids is 1. The zero-order valence-corrected chi connectivity index (χ0v) is 11.8. The first-order chi connectivity index (χ1) is 10.1. The average Bonchev–Trinajstić information content (AvgIpc) is 2.49. The van der Waals surface area contributed by atoms with E-state index in [9.17, 15) is 4.79 Å². The van der Waals surface area contributed by atoms with Crippen LogP contribution in [0.3, 0.4) is 0 Å². The van der Waals surface area contributed by atoms with Crippen LogP contribution in [-0.4, -0.2) is 21.0 Å². The van der Waals surface area contributed by atoms with Gasteiger partial charge in [-0.15, -0.1) is 0 Å². The molecule has 0 saturated carbocycles. The molecule has 0 atom stereocenters. The number of ether oxygens (including phenoxy) is 1. The molecule has 108 valence electrons. The van der Waals surface area contributed by atoms with E-state index >= 15 is 0 Å². The summed E-state index contributed by atoms with van der Waals surface area (Å²) < 4.78 is 5.90. The van der Waals surface area contributed by atoms with Gasteiger partial charge in [0.2, 0.25) is 5.88 Å². The molecule has 5 nitrogen and oxygen atoms in total. The Bertz CT molecular complexity index is 698. The van der Waals surface area contributed by atoms with Crippen LogP contribution in [0.25, 0.3) is 0 Å². The van der Waals surface area contributed by atoms with Crippen molar-refractivity contribution in [3.05, 3.63) is 46.9 Å². The second-order valence-electron chi connectivity index (χ2n) is 5.20. The number of aryl methyl sites for hydroxylation is 2. The fourth-order valence-electron chi connectivity index (χ4n) is 2.58. The Labute approximate surface area is 122 Å². The highest BCUT2D eigenvalue weighted by Gasteiger charge is 2.17. The minimum atomic E-state index is -0.941. The van der Waals surface area contributed by atoms with Crippen molar-refractivity contribution < 1.29 is 14.6 Å². The number of hydrogen-bond donors (Lipinski definition) is 1. The average molecular weight is 284 g/mol. The molecular formula is C16H16N2O3. The molecule has 0 amide bonds. The molecule has 0 saturated heterocycles. The third-order valence-corrected chi connectivity index (χ3v) is 3.71. The van der Waals surface area contributed by atoms with Gasteiger partial charge in [-0.25, -0.2) is 14.8 Å².